The Kier molecular flexibility index (Phi) is 2.36. The van der Waals surface area contributed by atoms with Crippen molar-refractivity contribution in [1.29, 1.82) is 0 Å². The van der Waals surface area contributed by atoms with E-state index in [1.54, 1.807) is 6.92 Å². The molecule has 0 aromatic carbocycles. The van der Waals surface area contributed by atoms with E-state index in [0.717, 1.165) is 0 Å². The fourth-order valence-electron chi connectivity index (χ4n) is 1.20. The molecule has 5 nitrogen and oxygen atoms in total. The summed E-state index contributed by atoms with van der Waals surface area (Å²) in [6.07, 6.45) is -1.58. The number of nitrogens with zero attached hydrogens (tertiary/aromatic N) is 1. The van der Waals surface area contributed by atoms with Crippen LogP contribution in [0.4, 0.5) is 0 Å². The van der Waals surface area contributed by atoms with Gasteiger partial charge in [0.15, 0.2) is 6.29 Å². The molecule has 4 N–H and O–H groups in total. The number of hydrogen-bond donors (Lipinski definition) is 4. The minimum absolute atomic E-state index is 0.189. The van der Waals surface area contributed by atoms with Gasteiger partial charge >= 0.3 is 0 Å². The van der Waals surface area contributed by atoms with Crippen molar-refractivity contribution < 1.29 is 15.3 Å². The van der Waals surface area contributed by atoms with Crippen molar-refractivity contribution in [2.45, 2.75) is 31.8 Å². The largest absolute Gasteiger partial charge is 0.386 e. The van der Waals surface area contributed by atoms with Crippen LogP contribution < -0.4 is 5.32 Å². The second kappa shape index (κ2) is 3.01. The van der Waals surface area contributed by atoms with Gasteiger partial charge in [-0.3, -0.25) is 4.99 Å². The van der Waals surface area contributed by atoms with Crippen LogP contribution in [0.25, 0.3) is 0 Å². The Morgan fingerprint density at radius 2 is 2.25 bits per heavy atom. The predicted molar refractivity (Wildman–Crippen MR) is 43.7 cm³/mol. The molecule has 0 saturated carbocycles. The first-order valence-corrected chi connectivity index (χ1v) is 3.79. The molecule has 1 rings (SSSR count). The van der Waals surface area contributed by atoms with Gasteiger partial charge in [0.1, 0.15) is 11.6 Å². The average molecular weight is 174 g/mol. The lowest BCUT2D eigenvalue weighted by Gasteiger charge is -2.37. The minimum Gasteiger partial charge on any atom is -0.386 e. The van der Waals surface area contributed by atoms with E-state index in [2.05, 4.69) is 10.3 Å². The summed E-state index contributed by atoms with van der Waals surface area (Å²) in [5.74, 6) is 0.611. The Bertz CT molecular complexity index is 201. The van der Waals surface area contributed by atoms with Crippen LogP contribution in [0.5, 0.6) is 0 Å². The van der Waals surface area contributed by atoms with Crippen molar-refractivity contribution in [3.63, 3.8) is 0 Å². The molecule has 1 aliphatic rings. The molecule has 0 saturated heterocycles. The molecule has 0 amide bonds. The number of rotatable bonds is 1. The van der Waals surface area contributed by atoms with Crippen molar-refractivity contribution in [2.75, 3.05) is 6.54 Å². The van der Waals surface area contributed by atoms with Gasteiger partial charge in [-0.1, -0.05) is 0 Å². The molecule has 1 heterocycles. The third-order valence-corrected chi connectivity index (χ3v) is 1.97. The van der Waals surface area contributed by atoms with Gasteiger partial charge in [-0.15, -0.1) is 0 Å². The van der Waals surface area contributed by atoms with Crippen LogP contribution in [-0.4, -0.2) is 45.6 Å². The summed E-state index contributed by atoms with van der Waals surface area (Å²) in [6, 6.07) is -0.769. The summed E-state index contributed by atoms with van der Waals surface area (Å²) in [5, 5.41) is 30.2. The maximum Gasteiger partial charge on any atom is 0.175 e. The van der Waals surface area contributed by atoms with Gasteiger partial charge < -0.3 is 20.6 Å². The zero-order valence-electron chi connectivity index (χ0n) is 7.15. The van der Waals surface area contributed by atoms with Crippen LogP contribution >= 0.6 is 0 Å². The lowest BCUT2D eigenvalue weighted by molar-refractivity contribution is -0.120. The van der Waals surface area contributed by atoms with Gasteiger partial charge in [0, 0.05) is 0 Å². The van der Waals surface area contributed by atoms with Gasteiger partial charge in [0.05, 0.1) is 12.4 Å². The molecule has 0 unspecified atom stereocenters. The second-order valence-electron chi connectivity index (χ2n) is 3.29. The number of nitrogens with one attached hydrogen (secondary N) is 1. The molecule has 12 heavy (non-hydrogen) atoms. The number of aliphatic imine (C=N–C) groups is 1. The SMILES string of the molecule is CC1=NC[C@@](C)(O)[C@@H](C(O)O)N1. The number of aliphatic hydroxyl groups is 3. The van der Waals surface area contributed by atoms with Crippen LogP contribution in [0.2, 0.25) is 0 Å². The van der Waals surface area contributed by atoms with Crippen molar-refractivity contribution in [1.82, 2.24) is 5.32 Å². The fraction of sp³-hybridized carbons (Fsp3) is 0.857. The summed E-state index contributed by atoms with van der Waals surface area (Å²) < 4.78 is 0. The van der Waals surface area contributed by atoms with E-state index in [4.69, 9.17) is 10.2 Å². The average Bonchev–Trinajstić information content (AvgIpc) is 1.94. The van der Waals surface area contributed by atoms with E-state index in [-0.39, 0.29) is 6.54 Å². The van der Waals surface area contributed by atoms with Crippen molar-refractivity contribution in [2.24, 2.45) is 4.99 Å². The molecule has 0 aromatic rings. The van der Waals surface area contributed by atoms with Crippen LogP contribution in [0.3, 0.4) is 0 Å². The summed E-state index contributed by atoms with van der Waals surface area (Å²) in [4.78, 5) is 3.95. The van der Waals surface area contributed by atoms with Crippen molar-refractivity contribution in [3.05, 3.63) is 0 Å². The van der Waals surface area contributed by atoms with Crippen LogP contribution in [0, 0.1) is 0 Å². The topological polar surface area (TPSA) is 85.1 Å². The fourth-order valence-corrected chi connectivity index (χ4v) is 1.20. The molecule has 1 aliphatic heterocycles. The smallest absolute Gasteiger partial charge is 0.175 e. The summed E-state index contributed by atoms with van der Waals surface area (Å²) >= 11 is 0. The zero-order chi connectivity index (χ0) is 9.35. The Hall–Kier alpha value is -0.650. The molecule has 5 heteroatoms. The Morgan fingerprint density at radius 3 is 2.67 bits per heavy atom. The maximum atomic E-state index is 9.63. The quantitative estimate of drug-likeness (QED) is 0.362. The van der Waals surface area contributed by atoms with E-state index in [1.807, 2.05) is 0 Å². The van der Waals surface area contributed by atoms with Crippen LogP contribution in [0.15, 0.2) is 4.99 Å². The highest BCUT2D eigenvalue weighted by Gasteiger charge is 2.38. The highest BCUT2D eigenvalue weighted by molar-refractivity contribution is 5.80. The minimum atomic E-state index is -1.58. The van der Waals surface area contributed by atoms with Gasteiger partial charge in [-0.05, 0) is 13.8 Å². The first-order valence-electron chi connectivity index (χ1n) is 3.79. The third-order valence-electron chi connectivity index (χ3n) is 1.97. The molecule has 2 atom stereocenters. The Balaban J connectivity index is 2.78. The lowest BCUT2D eigenvalue weighted by Crippen LogP contribution is -2.61. The molecule has 0 aliphatic carbocycles. The van der Waals surface area contributed by atoms with Crippen LogP contribution in [-0.2, 0) is 0 Å². The number of hydrogen-bond acceptors (Lipinski definition) is 5. The molecular weight excluding hydrogens is 160 g/mol. The first-order chi connectivity index (χ1) is 5.43. The summed E-state index contributed by atoms with van der Waals surface area (Å²) in [7, 11) is 0. The Morgan fingerprint density at radius 1 is 1.67 bits per heavy atom. The van der Waals surface area contributed by atoms with Gasteiger partial charge in [0.25, 0.3) is 0 Å². The highest BCUT2D eigenvalue weighted by Crippen LogP contribution is 2.16. The van der Waals surface area contributed by atoms with E-state index < -0.39 is 17.9 Å². The molecule has 70 valence electrons. The van der Waals surface area contributed by atoms with Gasteiger partial charge in [-0.25, -0.2) is 0 Å². The van der Waals surface area contributed by atoms with Crippen LogP contribution in [0.1, 0.15) is 13.8 Å². The summed E-state index contributed by atoms with van der Waals surface area (Å²) in [5.41, 5.74) is -1.20. The third kappa shape index (κ3) is 1.74. The molecule has 0 bridgehead atoms. The predicted octanol–water partition coefficient (Wildman–Crippen LogP) is -1.56. The Labute approximate surface area is 70.8 Å². The number of aliphatic hydroxyl groups excluding tert-OH is 1. The van der Waals surface area contributed by atoms with Crippen molar-refractivity contribution in [3.8, 4) is 0 Å². The summed E-state index contributed by atoms with van der Waals surface area (Å²) in [6.45, 7) is 3.42. The standard InChI is InChI=1S/C7H14N2O3/c1-4-8-3-7(2,12)5(9-4)6(10)11/h5-6,10-12H,3H2,1-2H3,(H,8,9)/t5-,7-/m1/s1. The maximum absolute atomic E-state index is 9.63. The molecule has 0 fully saturated rings. The normalized spacial score (nSPS) is 36.2. The van der Waals surface area contributed by atoms with E-state index in [9.17, 15) is 5.11 Å². The lowest BCUT2D eigenvalue weighted by atomic mass is 9.94. The zero-order valence-corrected chi connectivity index (χ0v) is 7.15. The molecule has 0 aromatic heterocycles. The van der Waals surface area contributed by atoms with E-state index in [0.29, 0.717) is 5.84 Å². The molecule has 0 spiro atoms. The second-order valence-corrected chi connectivity index (χ2v) is 3.29. The van der Waals surface area contributed by atoms with Gasteiger partial charge in [-0.2, -0.15) is 0 Å². The van der Waals surface area contributed by atoms with Gasteiger partial charge in [0.2, 0.25) is 0 Å². The number of amidine groups is 1. The van der Waals surface area contributed by atoms with E-state index >= 15 is 0 Å². The highest BCUT2D eigenvalue weighted by atomic mass is 16.5. The monoisotopic (exact) mass is 174 g/mol. The molecule has 0 radical (unpaired) electrons. The molecular formula is C7H14N2O3. The van der Waals surface area contributed by atoms with Crippen molar-refractivity contribution >= 4 is 5.84 Å². The van der Waals surface area contributed by atoms with E-state index in [1.165, 1.54) is 6.92 Å². The first kappa shape index (κ1) is 9.44.